The van der Waals surface area contributed by atoms with Gasteiger partial charge in [-0.1, -0.05) is 6.07 Å². The van der Waals surface area contributed by atoms with E-state index in [1.807, 2.05) is 19.2 Å². The Kier molecular flexibility index (Phi) is 2.33. The summed E-state index contributed by atoms with van der Waals surface area (Å²) in [5, 5.41) is 6.81. The van der Waals surface area contributed by atoms with Crippen molar-refractivity contribution in [2.45, 2.75) is 12.8 Å². The number of aryl methyl sites for hydroxylation is 1. The van der Waals surface area contributed by atoms with Gasteiger partial charge in [0.05, 0.1) is 5.69 Å². The normalized spacial score (nSPS) is 14.7. The van der Waals surface area contributed by atoms with Crippen LogP contribution in [0.15, 0.2) is 24.3 Å². The third kappa shape index (κ3) is 1.64. The van der Waals surface area contributed by atoms with Crippen LogP contribution in [0.25, 0.3) is 11.3 Å². The van der Waals surface area contributed by atoms with Gasteiger partial charge in [-0.25, -0.2) is 0 Å². The highest BCUT2D eigenvalue weighted by molar-refractivity contribution is 5.96. The Labute approximate surface area is 105 Å². The molecule has 2 aromatic rings. The molecule has 3 rings (SSSR count). The Hall–Kier alpha value is -2.30. The van der Waals surface area contributed by atoms with Gasteiger partial charge in [-0.3, -0.25) is 9.89 Å². The first-order valence-electron chi connectivity index (χ1n) is 5.86. The number of nitrogens with one attached hydrogen (secondary N) is 1. The Balaban J connectivity index is 2.04. The fourth-order valence-corrected chi connectivity index (χ4v) is 2.31. The van der Waals surface area contributed by atoms with Gasteiger partial charge in [0.15, 0.2) is 0 Å². The zero-order valence-corrected chi connectivity index (χ0v) is 10.1. The number of aromatic nitrogens is 2. The van der Waals surface area contributed by atoms with Gasteiger partial charge in [0, 0.05) is 30.8 Å². The Morgan fingerprint density at radius 2 is 2.17 bits per heavy atom. The number of carbonyl (C=O) groups excluding carboxylic acids is 1. The maximum atomic E-state index is 11.6. The van der Waals surface area contributed by atoms with Gasteiger partial charge < -0.3 is 10.6 Å². The molecule has 3 N–H and O–H groups in total. The lowest BCUT2D eigenvalue weighted by Crippen LogP contribution is -2.30. The van der Waals surface area contributed by atoms with Crippen molar-refractivity contribution in [1.29, 1.82) is 0 Å². The van der Waals surface area contributed by atoms with Crippen LogP contribution in [0, 0.1) is 0 Å². The van der Waals surface area contributed by atoms with E-state index in [0.29, 0.717) is 12.2 Å². The molecule has 2 heterocycles. The summed E-state index contributed by atoms with van der Waals surface area (Å²) >= 11 is 0. The topological polar surface area (TPSA) is 75.0 Å². The quantitative estimate of drug-likeness (QED) is 0.797. The number of rotatable bonds is 1. The SMILES string of the molecule is CN1C(=O)CCc2cc(-c3cc(N)n[nH]3)ccc21. The fraction of sp³-hybridized carbons (Fsp3) is 0.231. The number of carbonyl (C=O) groups is 1. The average Bonchev–Trinajstić information content (AvgIpc) is 2.80. The minimum absolute atomic E-state index is 0.168. The highest BCUT2D eigenvalue weighted by atomic mass is 16.2. The molecule has 0 aliphatic carbocycles. The molecule has 5 nitrogen and oxygen atoms in total. The predicted octanol–water partition coefficient (Wildman–Crippen LogP) is 1.57. The minimum atomic E-state index is 0.168. The summed E-state index contributed by atoms with van der Waals surface area (Å²) in [5.74, 6) is 0.649. The largest absolute Gasteiger partial charge is 0.382 e. The number of nitrogens with zero attached hydrogens (tertiary/aromatic N) is 2. The summed E-state index contributed by atoms with van der Waals surface area (Å²) in [6, 6.07) is 7.84. The third-order valence-electron chi connectivity index (χ3n) is 3.33. The molecule has 0 fully saturated rings. The van der Waals surface area contributed by atoms with Gasteiger partial charge in [0.2, 0.25) is 5.91 Å². The van der Waals surface area contributed by atoms with Crippen LogP contribution in [0.1, 0.15) is 12.0 Å². The molecule has 1 amide bonds. The van der Waals surface area contributed by atoms with Gasteiger partial charge in [-0.15, -0.1) is 0 Å². The molecule has 1 aliphatic heterocycles. The molecule has 0 saturated carbocycles. The number of anilines is 2. The predicted molar refractivity (Wildman–Crippen MR) is 70.2 cm³/mol. The van der Waals surface area contributed by atoms with Crippen molar-refractivity contribution in [3.63, 3.8) is 0 Å². The lowest BCUT2D eigenvalue weighted by Gasteiger charge is -2.26. The molecular formula is C13H14N4O. The van der Waals surface area contributed by atoms with Crippen LogP contribution in [0.4, 0.5) is 11.5 Å². The van der Waals surface area contributed by atoms with E-state index in [2.05, 4.69) is 16.3 Å². The van der Waals surface area contributed by atoms with Crippen LogP contribution in [0.5, 0.6) is 0 Å². The maximum Gasteiger partial charge on any atom is 0.227 e. The number of H-pyrrole nitrogens is 1. The summed E-state index contributed by atoms with van der Waals surface area (Å²) in [6.45, 7) is 0. The number of hydrogen-bond acceptors (Lipinski definition) is 3. The van der Waals surface area contributed by atoms with Crippen molar-refractivity contribution in [2.24, 2.45) is 0 Å². The summed E-state index contributed by atoms with van der Waals surface area (Å²) in [7, 11) is 1.81. The molecule has 5 heteroatoms. The highest BCUT2D eigenvalue weighted by Gasteiger charge is 2.21. The van der Waals surface area contributed by atoms with E-state index in [9.17, 15) is 4.79 Å². The number of aromatic amines is 1. The fourth-order valence-electron chi connectivity index (χ4n) is 2.31. The van der Waals surface area contributed by atoms with Crippen molar-refractivity contribution in [3.8, 4) is 11.3 Å². The van der Waals surface area contributed by atoms with Gasteiger partial charge in [-0.2, -0.15) is 5.10 Å². The van der Waals surface area contributed by atoms with Gasteiger partial charge in [0.1, 0.15) is 5.82 Å². The van der Waals surface area contributed by atoms with E-state index in [1.165, 1.54) is 5.56 Å². The van der Waals surface area contributed by atoms with E-state index < -0.39 is 0 Å². The number of nitrogen functional groups attached to an aromatic ring is 1. The number of hydrogen-bond donors (Lipinski definition) is 2. The minimum Gasteiger partial charge on any atom is -0.382 e. The second kappa shape index (κ2) is 3.87. The van der Waals surface area contributed by atoms with E-state index in [-0.39, 0.29) is 5.91 Å². The van der Waals surface area contributed by atoms with E-state index in [1.54, 1.807) is 11.0 Å². The van der Waals surface area contributed by atoms with Gasteiger partial charge >= 0.3 is 0 Å². The summed E-state index contributed by atoms with van der Waals surface area (Å²) in [5.41, 5.74) is 9.71. The Bertz CT molecular complexity index is 617. The third-order valence-corrected chi connectivity index (χ3v) is 3.33. The first kappa shape index (κ1) is 10.8. The van der Waals surface area contributed by atoms with Crippen LogP contribution in [-0.2, 0) is 11.2 Å². The summed E-state index contributed by atoms with van der Waals surface area (Å²) in [4.78, 5) is 13.3. The molecule has 18 heavy (non-hydrogen) atoms. The second-order valence-electron chi connectivity index (χ2n) is 4.50. The average molecular weight is 242 g/mol. The van der Waals surface area contributed by atoms with E-state index in [4.69, 9.17) is 5.73 Å². The molecule has 0 radical (unpaired) electrons. The highest BCUT2D eigenvalue weighted by Crippen LogP contribution is 2.30. The van der Waals surface area contributed by atoms with Crippen LogP contribution >= 0.6 is 0 Å². The second-order valence-corrected chi connectivity index (χ2v) is 4.50. The lowest BCUT2D eigenvalue weighted by atomic mass is 9.98. The molecule has 0 unspecified atom stereocenters. The number of fused-ring (bicyclic) bond motifs is 1. The van der Waals surface area contributed by atoms with Crippen molar-refractivity contribution in [2.75, 3.05) is 17.7 Å². The van der Waals surface area contributed by atoms with Gasteiger partial charge in [0.25, 0.3) is 0 Å². The zero-order valence-electron chi connectivity index (χ0n) is 10.1. The molecule has 0 spiro atoms. The molecule has 1 aromatic carbocycles. The van der Waals surface area contributed by atoms with Crippen molar-refractivity contribution in [3.05, 3.63) is 29.8 Å². The van der Waals surface area contributed by atoms with Crippen LogP contribution in [-0.4, -0.2) is 23.2 Å². The lowest BCUT2D eigenvalue weighted by molar-refractivity contribution is -0.118. The van der Waals surface area contributed by atoms with E-state index in [0.717, 1.165) is 23.4 Å². The molecule has 0 atom stereocenters. The van der Waals surface area contributed by atoms with E-state index >= 15 is 0 Å². The summed E-state index contributed by atoms with van der Waals surface area (Å²) in [6.07, 6.45) is 1.36. The number of benzene rings is 1. The van der Waals surface area contributed by atoms with Gasteiger partial charge in [-0.05, 0) is 24.1 Å². The first-order chi connectivity index (χ1) is 8.65. The molecular weight excluding hydrogens is 228 g/mol. The molecule has 0 saturated heterocycles. The molecule has 1 aromatic heterocycles. The number of amides is 1. The van der Waals surface area contributed by atoms with Crippen molar-refractivity contribution >= 4 is 17.4 Å². The van der Waals surface area contributed by atoms with Crippen LogP contribution in [0.3, 0.4) is 0 Å². The Morgan fingerprint density at radius 3 is 2.89 bits per heavy atom. The molecule has 92 valence electrons. The molecule has 0 bridgehead atoms. The maximum absolute atomic E-state index is 11.6. The van der Waals surface area contributed by atoms with Crippen LogP contribution in [0.2, 0.25) is 0 Å². The first-order valence-corrected chi connectivity index (χ1v) is 5.86. The number of nitrogens with two attached hydrogens (primary N) is 1. The monoisotopic (exact) mass is 242 g/mol. The van der Waals surface area contributed by atoms with Crippen LogP contribution < -0.4 is 10.6 Å². The molecule has 1 aliphatic rings. The Morgan fingerprint density at radius 1 is 1.33 bits per heavy atom. The summed E-state index contributed by atoms with van der Waals surface area (Å²) < 4.78 is 0. The van der Waals surface area contributed by atoms with Crippen molar-refractivity contribution in [1.82, 2.24) is 10.2 Å². The smallest absolute Gasteiger partial charge is 0.227 e. The standard InChI is InChI=1S/C13H14N4O/c1-17-11-4-2-8(10-7-12(14)16-15-10)6-9(11)3-5-13(17)18/h2,4,6-7H,3,5H2,1H3,(H3,14,15,16). The van der Waals surface area contributed by atoms with Crippen molar-refractivity contribution < 1.29 is 4.79 Å². The zero-order chi connectivity index (χ0) is 12.7.